The van der Waals surface area contributed by atoms with Gasteiger partial charge in [-0.25, -0.2) is 14.6 Å². The van der Waals surface area contributed by atoms with Crippen LogP contribution in [-0.4, -0.2) is 37.5 Å². The van der Waals surface area contributed by atoms with Gasteiger partial charge in [0.25, 0.3) is 17.7 Å². The summed E-state index contributed by atoms with van der Waals surface area (Å²) in [6.07, 6.45) is 1.41. The van der Waals surface area contributed by atoms with Crippen LogP contribution in [0.15, 0.2) is 103 Å². The van der Waals surface area contributed by atoms with Gasteiger partial charge in [0.05, 0.1) is 18.5 Å². The van der Waals surface area contributed by atoms with Crippen LogP contribution in [0.25, 0.3) is 6.08 Å². The fourth-order valence-corrected chi connectivity index (χ4v) is 4.60. The molecular weight excluding hydrogens is 546 g/mol. The molecule has 1 saturated heterocycles. The quantitative estimate of drug-likeness (QED) is 0.207. The van der Waals surface area contributed by atoms with Crippen LogP contribution in [0.1, 0.15) is 16.7 Å². The van der Waals surface area contributed by atoms with Gasteiger partial charge < -0.3 is 14.8 Å². The number of barbiturate groups is 1. The standard InChI is InChI=1S/C34H29N3O6/c1-22-14-15-23(2)28(18-22)35-31(38)21-43-29-17-16-24(20-30(29)42-3)19-27-32(39)36(25-10-6-4-7-11-25)34(41)37(33(27)40)26-12-8-5-9-13-26/h4-20H,21H2,1-3H3,(H,35,38). The monoisotopic (exact) mass is 575 g/mol. The van der Waals surface area contributed by atoms with Gasteiger partial charge in [0.15, 0.2) is 18.1 Å². The Morgan fingerprint density at radius 3 is 1.95 bits per heavy atom. The first-order chi connectivity index (χ1) is 20.8. The number of nitrogens with zero attached hydrogens (tertiary/aromatic N) is 2. The average molecular weight is 576 g/mol. The molecule has 1 heterocycles. The summed E-state index contributed by atoms with van der Waals surface area (Å²) in [5.41, 5.74) is 3.56. The summed E-state index contributed by atoms with van der Waals surface area (Å²) in [5.74, 6) is -1.26. The second-order valence-corrected chi connectivity index (χ2v) is 9.86. The van der Waals surface area contributed by atoms with Crippen molar-refractivity contribution in [2.75, 3.05) is 28.8 Å². The predicted molar refractivity (Wildman–Crippen MR) is 164 cm³/mol. The van der Waals surface area contributed by atoms with Crippen molar-refractivity contribution in [1.29, 1.82) is 0 Å². The Kier molecular flexibility index (Phi) is 8.34. The number of hydrogen-bond acceptors (Lipinski definition) is 6. The lowest BCUT2D eigenvalue weighted by Crippen LogP contribution is -2.57. The summed E-state index contributed by atoms with van der Waals surface area (Å²) in [6.45, 7) is 3.58. The Morgan fingerprint density at radius 2 is 1.37 bits per heavy atom. The second kappa shape index (κ2) is 12.4. The average Bonchev–Trinajstić information content (AvgIpc) is 3.01. The summed E-state index contributed by atoms with van der Waals surface area (Å²) in [7, 11) is 1.44. The molecule has 0 aromatic heterocycles. The van der Waals surface area contributed by atoms with Crippen molar-refractivity contribution >= 4 is 46.9 Å². The van der Waals surface area contributed by atoms with E-state index in [1.54, 1.807) is 78.9 Å². The molecule has 0 atom stereocenters. The predicted octanol–water partition coefficient (Wildman–Crippen LogP) is 5.91. The molecule has 4 aromatic rings. The van der Waals surface area contributed by atoms with Gasteiger partial charge in [-0.15, -0.1) is 0 Å². The number of hydrogen-bond donors (Lipinski definition) is 1. The van der Waals surface area contributed by atoms with Crippen LogP contribution in [0.4, 0.5) is 21.9 Å². The highest BCUT2D eigenvalue weighted by atomic mass is 16.5. The van der Waals surface area contributed by atoms with E-state index in [1.807, 2.05) is 32.0 Å². The Hall–Kier alpha value is -5.70. The van der Waals surface area contributed by atoms with E-state index < -0.39 is 17.8 Å². The minimum atomic E-state index is -0.773. The molecule has 5 rings (SSSR count). The molecule has 0 radical (unpaired) electrons. The zero-order valence-electron chi connectivity index (χ0n) is 23.9. The van der Waals surface area contributed by atoms with Crippen LogP contribution < -0.4 is 24.6 Å². The van der Waals surface area contributed by atoms with Gasteiger partial charge in [0.1, 0.15) is 5.57 Å². The summed E-state index contributed by atoms with van der Waals surface area (Å²) < 4.78 is 11.2. The van der Waals surface area contributed by atoms with Crippen molar-refractivity contribution in [2.24, 2.45) is 0 Å². The van der Waals surface area contributed by atoms with Crippen molar-refractivity contribution in [2.45, 2.75) is 13.8 Å². The normalized spacial score (nSPS) is 13.2. The van der Waals surface area contributed by atoms with E-state index in [4.69, 9.17) is 9.47 Å². The maximum atomic E-state index is 13.6. The van der Waals surface area contributed by atoms with E-state index in [9.17, 15) is 19.2 Å². The fourth-order valence-electron chi connectivity index (χ4n) is 4.60. The van der Waals surface area contributed by atoms with E-state index in [0.717, 1.165) is 20.9 Å². The van der Waals surface area contributed by atoms with Crippen molar-refractivity contribution in [3.63, 3.8) is 0 Å². The number of carbonyl (C=O) groups is 4. The van der Waals surface area contributed by atoms with Gasteiger partial charge in [-0.05, 0) is 79.1 Å². The molecule has 1 aliphatic heterocycles. The lowest BCUT2D eigenvalue weighted by molar-refractivity contribution is -0.121. The number of urea groups is 1. The first-order valence-electron chi connectivity index (χ1n) is 13.5. The number of para-hydroxylation sites is 2. The number of ether oxygens (including phenoxy) is 2. The molecule has 43 heavy (non-hydrogen) atoms. The highest BCUT2D eigenvalue weighted by molar-refractivity contribution is 6.46. The van der Waals surface area contributed by atoms with E-state index in [2.05, 4.69) is 5.32 Å². The van der Waals surface area contributed by atoms with Crippen LogP contribution in [0.5, 0.6) is 11.5 Å². The molecule has 1 aliphatic rings. The fraction of sp³-hybridized carbons (Fsp3) is 0.118. The number of methoxy groups -OCH3 is 1. The Balaban J connectivity index is 1.42. The first-order valence-corrected chi connectivity index (χ1v) is 13.5. The van der Waals surface area contributed by atoms with Gasteiger partial charge >= 0.3 is 6.03 Å². The number of amides is 5. The highest BCUT2D eigenvalue weighted by Gasteiger charge is 2.43. The van der Waals surface area contributed by atoms with Gasteiger partial charge in [-0.1, -0.05) is 54.6 Å². The maximum absolute atomic E-state index is 13.6. The number of anilines is 3. The zero-order chi connectivity index (χ0) is 30.5. The Labute approximate surface area is 248 Å². The number of imide groups is 2. The third-order valence-electron chi connectivity index (χ3n) is 6.80. The van der Waals surface area contributed by atoms with Crippen LogP contribution >= 0.6 is 0 Å². The highest BCUT2D eigenvalue weighted by Crippen LogP contribution is 2.32. The van der Waals surface area contributed by atoms with Crippen molar-refractivity contribution in [3.05, 3.63) is 119 Å². The molecule has 0 bridgehead atoms. The van der Waals surface area contributed by atoms with Gasteiger partial charge in [-0.3, -0.25) is 14.4 Å². The summed E-state index contributed by atoms with van der Waals surface area (Å²) in [6, 6.07) is 26.6. The van der Waals surface area contributed by atoms with Crippen LogP contribution in [-0.2, 0) is 14.4 Å². The number of rotatable bonds is 8. The molecule has 216 valence electrons. The number of aryl methyl sites for hydroxylation is 2. The Bertz CT molecular complexity index is 1670. The molecule has 0 saturated carbocycles. The molecule has 1 fully saturated rings. The van der Waals surface area contributed by atoms with Crippen molar-refractivity contribution in [1.82, 2.24) is 0 Å². The summed E-state index contributed by atoms with van der Waals surface area (Å²) in [4.78, 5) is 55.2. The molecular formula is C34H29N3O6. The smallest absolute Gasteiger partial charge is 0.343 e. The third-order valence-corrected chi connectivity index (χ3v) is 6.80. The molecule has 1 N–H and O–H groups in total. The van der Waals surface area contributed by atoms with Crippen LogP contribution in [0, 0.1) is 13.8 Å². The lowest BCUT2D eigenvalue weighted by atomic mass is 10.0. The third kappa shape index (κ3) is 6.15. The van der Waals surface area contributed by atoms with E-state index in [0.29, 0.717) is 34.1 Å². The second-order valence-electron chi connectivity index (χ2n) is 9.86. The van der Waals surface area contributed by atoms with Gasteiger partial charge in [-0.2, -0.15) is 0 Å². The van der Waals surface area contributed by atoms with E-state index >= 15 is 0 Å². The Morgan fingerprint density at radius 1 is 0.767 bits per heavy atom. The summed E-state index contributed by atoms with van der Waals surface area (Å²) >= 11 is 0. The SMILES string of the molecule is COc1cc(C=C2C(=O)N(c3ccccc3)C(=O)N(c3ccccc3)C2=O)ccc1OCC(=O)Nc1cc(C)ccc1C. The molecule has 4 aromatic carbocycles. The van der Waals surface area contributed by atoms with Crippen LogP contribution in [0.3, 0.4) is 0 Å². The topological polar surface area (TPSA) is 105 Å². The van der Waals surface area contributed by atoms with E-state index in [1.165, 1.54) is 13.2 Å². The minimum Gasteiger partial charge on any atom is -0.493 e. The number of carbonyl (C=O) groups excluding carboxylic acids is 4. The number of nitrogens with one attached hydrogen (secondary N) is 1. The van der Waals surface area contributed by atoms with Gasteiger partial charge in [0.2, 0.25) is 0 Å². The molecule has 0 unspecified atom stereocenters. The molecule has 0 aliphatic carbocycles. The minimum absolute atomic E-state index is 0.212. The van der Waals surface area contributed by atoms with Crippen molar-refractivity contribution < 1.29 is 28.7 Å². The number of benzene rings is 4. The zero-order valence-corrected chi connectivity index (χ0v) is 23.9. The van der Waals surface area contributed by atoms with Crippen LogP contribution in [0.2, 0.25) is 0 Å². The molecule has 0 spiro atoms. The lowest BCUT2D eigenvalue weighted by Gasteiger charge is -2.33. The van der Waals surface area contributed by atoms with E-state index in [-0.39, 0.29) is 18.1 Å². The largest absolute Gasteiger partial charge is 0.493 e. The molecule has 9 nitrogen and oxygen atoms in total. The summed E-state index contributed by atoms with van der Waals surface area (Å²) in [5, 5.41) is 2.85. The molecule has 5 amide bonds. The first kappa shape index (κ1) is 28.8. The van der Waals surface area contributed by atoms with Gasteiger partial charge in [0, 0.05) is 5.69 Å². The van der Waals surface area contributed by atoms with Crippen molar-refractivity contribution in [3.8, 4) is 11.5 Å². The molecule has 9 heteroatoms. The maximum Gasteiger partial charge on any atom is 0.343 e.